The normalized spacial score (nSPS) is 25.5. The van der Waals surface area contributed by atoms with Crippen LogP contribution in [0.15, 0.2) is 18.3 Å². The summed E-state index contributed by atoms with van der Waals surface area (Å²) in [5, 5.41) is 0. The predicted octanol–water partition coefficient (Wildman–Crippen LogP) is 1.88. The molecule has 2 atom stereocenters. The van der Waals surface area contributed by atoms with Crippen LogP contribution in [-0.4, -0.2) is 48.0 Å². The van der Waals surface area contributed by atoms with Crippen LogP contribution >= 0.6 is 0 Å². The molecule has 0 saturated carbocycles. The lowest BCUT2D eigenvalue weighted by molar-refractivity contribution is 0.0743. The minimum atomic E-state index is 0.108. The molecule has 1 aromatic heterocycles. The second-order valence-electron chi connectivity index (χ2n) is 6.57. The Morgan fingerprint density at radius 1 is 1.36 bits per heavy atom. The summed E-state index contributed by atoms with van der Waals surface area (Å²) in [4.78, 5) is 21.7. The largest absolute Gasteiger partial charge is 0.356 e. The molecule has 5 nitrogen and oxygen atoms in total. The zero-order chi connectivity index (χ0) is 15.5. The fraction of sp³-hybridized carbons (Fsp3) is 0.647. The van der Waals surface area contributed by atoms with E-state index in [0.29, 0.717) is 12.5 Å². The van der Waals surface area contributed by atoms with Crippen molar-refractivity contribution in [3.05, 3.63) is 23.9 Å². The van der Waals surface area contributed by atoms with Crippen LogP contribution in [0.5, 0.6) is 0 Å². The Morgan fingerprint density at radius 3 is 2.82 bits per heavy atom. The molecule has 1 amide bonds. The van der Waals surface area contributed by atoms with Gasteiger partial charge in [0.1, 0.15) is 5.82 Å². The maximum atomic E-state index is 13.0. The van der Waals surface area contributed by atoms with E-state index in [4.69, 9.17) is 5.73 Å². The van der Waals surface area contributed by atoms with Gasteiger partial charge in [0.15, 0.2) is 0 Å². The number of nitrogens with zero attached hydrogens (tertiary/aromatic N) is 3. The van der Waals surface area contributed by atoms with Crippen molar-refractivity contribution in [2.24, 2.45) is 11.7 Å². The van der Waals surface area contributed by atoms with E-state index in [0.717, 1.165) is 37.4 Å². The van der Waals surface area contributed by atoms with Crippen molar-refractivity contribution < 1.29 is 4.79 Å². The van der Waals surface area contributed by atoms with Crippen LogP contribution in [0.4, 0.5) is 5.82 Å². The quantitative estimate of drug-likeness (QED) is 0.926. The van der Waals surface area contributed by atoms with Crippen LogP contribution in [0, 0.1) is 5.92 Å². The molecule has 5 heteroatoms. The van der Waals surface area contributed by atoms with E-state index in [1.165, 1.54) is 19.3 Å². The maximum absolute atomic E-state index is 13.0. The second-order valence-corrected chi connectivity index (χ2v) is 6.57. The first-order valence-electron chi connectivity index (χ1n) is 8.41. The average molecular weight is 302 g/mol. The zero-order valence-electron chi connectivity index (χ0n) is 13.4. The molecule has 2 fully saturated rings. The fourth-order valence-electron chi connectivity index (χ4n) is 3.67. The molecule has 0 aliphatic carbocycles. The molecule has 2 aliphatic heterocycles. The standard InChI is InChI=1S/C17H26N4O/c1-13-10-14(11-18)12-21(13)17(22)15-6-5-7-19-16(15)20-8-3-2-4-9-20/h5-7,13-14H,2-4,8-12,18H2,1H3. The van der Waals surface area contributed by atoms with Crippen LogP contribution < -0.4 is 10.6 Å². The highest BCUT2D eigenvalue weighted by Crippen LogP contribution is 2.28. The maximum Gasteiger partial charge on any atom is 0.257 e. The minimum Gasteiger partial charge on any atom is -0.356 e. The van der Waals surface area contributed by atoms with Gasteiger partial charge >= 0.3 is 0 Å². The van der Waals surface area contributed by atoms with Crippen LogP contribution in [0.3, 0.4) is 0 Å². The number of carbonyl (C=O) groups is 1. The van der Waals surface area contributed by atoms with Crippen molar-refractivity contribution in [3.8, 4) is 0 Å². The lowest BCUT2D eigenvalue weighted by atomic mass is 10.1. The van der Waals surface area contributed by atoms with E-state index in [1.807, 2.05) is 17.0 Å². The Balaban J connectivity index is 1.83. The van der Waals surface area contributed by atoms with Crippen LogP contribution in [-0.2, 0) is 0 Å². The average Bonchev–Trinajstić information content (AvgIpc) is 2.96. The van der Waals surface area contributed by atoms with Gasteiger partial charge < -0.3 is 15.5 Å². The van der Waals surface area contributed by atoms with Crippen molar-refractivity contribution in [1.82, 2.24) is 9.88 Å². The highest BCUT2D eigenvalue weighted by Gasteiger charge is 2.33. The molecule has 0 radical (unpaired) electrons. The summed E-state index contributed by atoms with van der Waals surface area (Å²) in [6.07, 6.45) is 6.42. The van der Waals surface area contributed by atoms with Gasteiger partial charge in [0, 0.05) is 31.9 Å². The summed E-state index contributed by atoms with van der Waals surface area (Å²) < 4.78 is 0. The number of hydrogen-bond donors (Lipinski definition) is 1. The Labute approximate surface area is 132 Å². The second kappa shape index (κ2) is 6.65. The Hall–Kier alpha value is -1.62. The number of carbonyl (C=O) groups excluding carboxylic acids is 1. The lowest BCUT2D eigenvalue weighted by Gasteiger charge is -2.30. The molecule has 2 unspecified atom stereocenters. The summed E-state index contributed by atoms with van der Waals surface area (Å²) >= 11 is 0. The van der Waals surface area contributed by atoms with Crippen molar-refractivity contribution in [2.45, 2.75) is 38.6 Å². The molecular formula is C17H26N4O. The predicted molar refractivity (Wildman–Crippen MR) is 88.0 cm³/mol. The molecule has 1 aromatic rings. The molecule has 22 heavy (non-hydrogen) atoms. The molecular weight excluding hydrogens is 276 g/mol. The van der Waals surface area contributed by atoms with Crippen molar-refractivity contribution in [1.29, 1.82) is 0 Å². The van der Waals surface area contributed by atoms with E-state index in [-0.39, 0.29) is 11.9 Å². The highest BCUT2D eigenvalue weighted by atomic mass is 16.2. The van der Waals surface area contributed by atoms with Gasteiger partial charge in [0.05, 0.1) is 5.56 Å². The van der Waals surface area contributed by atoms with Crippen molar-refractivity contribution in [3.63, 3.8) is 0 Å². The van der Waals surface area contributed by atoms with Crippen LogP contribution in [0.25, 0.3) is 0 Å². The number of amides is 1. The third-order valence-corrected chi connectivity index (χ3v) is 4.93. The van der Waals surface area contributed by atoms with Crippen LogP contribution in [0.2, 0.25) is 0 Å². The summed E-state index contributed by atoms with van der Waals surface area (Å²) in [5.74, 6) is 1.39. The minimum absolute atomic E-state index is 0.108. The van der Waals surface area contributed by atoms with E-state index in [2.05, 4.69) is 16.8 Å². The molecule has 0 aromatic carbocycles. The Kier molecular flexibility index (Phi) is 4.62. The first kappa shape index (κ1) is 15.3. The number of piperidine rings is 1. The van der Waals surface area contributed by atoms with Gasteiger partial charge in [-0.1, -0.05) is 0 Å². The first-order valence-corrected chi connectivity index (χ1v) is 8.41. The summed E-state index contributed by atoms with van der Waals surface area (Å²) in [5.41, 5.74) is 6.53. The topological polar surface area (TPSA) is 62.5 Å². The molecule has 2 saturated heterocycles. The Morgan fingerprint density at radius 2 is 2.14 bits per heavy atom. The number of hydrogen-bond acceptors (Lipinski definition) is 4. The van der Waals surface area contributed by atoms with Gasteiger partial charge in [-0.15, -0.1) is 0 Å². The van der Waals surface area contributed by atoms with Gasteiger partial charge in [0.2, 0.25) is 0 Å². The Bertz CT molecular complexity index is 527. The molecule has 120 valence electrons. The zero-order valence-corrected chi connectivity index (χ0v) is 13.4. The number of anilines is 1. The van der Waals surface area contributed by atoms with Gasteiger partial charge in [-0.25, -0.2) is 4.98 Å². The summed E-state index contributed by atoms with van der Waals surface area (Å²) in [7, 11) is 0. The molecule has 2 aliphatic rings. The molecule has 0 bridgehead atoms. The molecule has 0 spiro atoms. The first-order chi connectivity index (χ1) is 10.7. The van der Waals surface area contributed by atoms with E-state index >= 15 is 0 Å². The number of likely N-dealkylation sites (tertiary alicyclic amines) is 1. The fourth-order valence-corrected chi connectivity index (χ4v) is 3.67. The number of nitrogens with two attached hydrogens (primary N) is 1. The summed E-state index contributed by atoms with van der Waals surface area (Å²) in [6.45, 7) is 5.53. The van der Waals surface area contributed by atoms with Gasteiger partial charge in [-0.05, 0) is 57.2 Å². The monoisotopic (exact) mass is 302 g/mol. The van der Waals surface area contributed by atoms with Crippen LogP contribution in [0.1, 0.15) is 43.0 Å². The van der Waals surface area contributed by atoms with E-state index < -0.39 is 0 Å². The van der Waals surface area contributed by atoms with Gasteiger partial charge in [-0.3, -0.25) is 4.79 Å². The number of rotatable bonds is 3. The van der Waals surface area contributed by atoms with E-state index in [9.17, 15) is 4.79 Å². The summed E-state index contributed by atoms with van der Waals surface area (Å²) in [6, 6.07) is 4.04. The smallest absolute Gasteiger partial charge is 0.257 e. The van der Waals surface area contributed by atoms with Gasteiger partial charge in [-0.2, -0.15) is 0 Å². The van der Waals surface area contributed by atoms with Gasteiger partial charge in [0.25, 0.3) is 5.91 Å². The highest BCUT2D eigenvalue weighted by molar-refractivity contribution is 5.99. The van der Waals surface area contributed by atoms with Crippen molar-refractivity contribution >= 4 is 11.7 Å². The molecule has 2 N–H and O–H groups in total. The van der Waals surface area contributed by atoms with E-state index in [1.54, 1.807) is 6.20 Å². The lowest BCUT2D eigenvalue weighted by Crippen LogP contribution is -2.37. The SMILES string of the molecule is CC1CC(CN)CN1C(=O)c1cccnc1N1CCCCC1. The molecule has 3 heterocycles. The molecule has 3 rings (SSSR count). The van der Waals surface area contributed by atoms with Crippen molar-refractivity contribution in [2.75, 3.05) is 31.1 Å². The number of pyridine rings is 1. The third kappa shape index (κ3) is 2.95. The number of aromatic nitrogens is 1. The third-order valence-electron chi connectivity index (χ3n) is 4.93.